The summed E-state index contributed by atoms with van der Waals surface area (Å²) in [6, 6.07) is 18.1. The van der Waals surface area contributed by atoms with Crippen LogP contribution < -0.4 is 0 Å². The summed E-state index contributed by atoms with van der Waals surface area (Å²) in [7, 11) is 0. The van der Waals surface area contributed by atoms with Crippen molar-refractivity contribution in [2.45, 2.75) is 4.90 Å². The molecule has 0 heterocycles. The van der Waals surface area contributed by atoms with Crippen molar-refractivity contribution in [3.05, 3.63) is 61.7 Å². The minimum absolute atomic E-state index is 1.02. The third-order valence-electron chi connectivity index (χ3n) is 1.58. The van der Waals surface area contributed by atoms with Crippen molar-refractivity contribution >= 4 is 57.8 Å². The van der Waals surface area contributed by atoms with E-state index in [9.17, 15) is 0 Å². The van der Waals surface area contributed by atoms with Crippen LogP contribution in [0.5, 0.6) is 0 Å². The van der Waals surface area contributed by atoms with E-state index in [0.717, 1.165) is 4.90 Å². The molecule has 0 unspecified atom stereocenters. The molecule has 15 heavy (non-hydrogen) atoms. The summed E-state index contributed by atoms with van der Waals surface area (Å²) >= 11 is 8.72. The highest BCUT2D eigenvalue weighted by Crippen LogP contribution is 2.12. The van der Waals surface area contributed by atoms with Gasteiger partial charge in [-0.25, -0.2) is 0 Å². The van der Waals surface area contributed by atoms with Crippen LogP contribution in [0.4, 0.5) is 0 Å². The van der Waals surface area contributed by atoms with E-state index in [-0.39, 0.29) is 0 Å². The van der Waals surface area contributed by atoms with Crippen molar-refractivity contribution in [1.29, 1.82) is 0 Å². The Bertz CT molecular complexity index is 380. The van der Waals surface area contributed by atoms with Gasteiger partial charge in [-0.05, 0) is 69.4 Å². The smallest absolute Gasteiger partial charge is 0.0263 e. The Morgan fingerprint density at radius 2 is 1.07 bits per heavy atom. The van der Waals surface area contributed by atoms with Crippen molar-refractivity contribution in [2.75, 3.05) is 0 Å². The van der Waals surface area contributed by atoms with E-state index in [4.69, 9.17) is 0 Å². The van der Waals surface area contributed by atoms with E-state index in [1.807, 2.05) is 42.5 Å². The van der Waals surface area contributed by atoms with Gasteiger partial charge in [0.2, 0.25) is 0 Å². The van der Waals surface area contributed by atoms with Gasteiger partial charge in [-0.2, -0.15) is 0 Å². The highest BCUT2D eigenvalue weighted by atomic mass is 127. The lowest BCUT2D eigenvalue weighted by Crippen LogP contribution is -1.73. The zero-order valence-electron chi connectivity index (χ0n) is 7.90. The van der Waals surface area contributed by atoms with Crippen molar-refractivity contribution in [2.24, 2.45) is 0 Å². The summed E-state index contributed by atoms with van der Waals surface area (Å²) < 4.78 is 2.65. The Morgan fingerprint density at radius 1 is 0.667 bits per heavy atom. The maximum atomic E-state index is 4.08. The molecule has 0 saturated heterocycles. The first kappa shape index (κ1) is 13.3. The first-order chi connectivity index (χ1) is 7.20. The lowest BCUT2D eigenvalue weighted by molar-refractivity contribution is 1.48. The molecule has 0 aliphatic heterocycles. The van der Waals surface area contributed by atoms with Gasteiger partial charge in [-0.15, -0.1) is 12.6 Å². The van der Waals surface area contributed by atoms with Gasteiger partial charge in [0.15, 0.2) is 0 Å². The standard InChI is InChI=1S/C6H4I2.C6H6S/c7-5-3-1-2-4-6(5)8;7-6-4-2-1-3-5-6/h1-4H;1-5,7H. The minimum Gasteiger partial charge on any atom is -0.143 e. The van der Waals surface area contributed by atoms with Gasteiger partial charge in [0, 0.05) is 12.0 Å². The second kappa shape index (κ2) is 7.51. The lowest BCUT2D eigenvalue weighted by atomic mass is 10.4. The van der Waals surface area contributed by atoms with Crippen molar-refractivity contribution < 1.29 is 0 Å². The van der Waals surface area contributed by atoms with E-state index in [2.05, 4.69) is 69.9 Å². The quantitative estimate of drug-likeness (QED) is 0.439. The zero-order chi connectivity index (χ0) is 11.1. The van der Waals surface area contributed by atoms with Crippen molar-refractivity contribution in [3.63, 3.8) is 0 Å². The predicted octanol–water partition coefficient (Wildman–Crippen LogP) is 4.87. The summed E-state index contributed by atoms with van der Waals surface area (Å²) in [5.41, 5.74) is 0. The molecule has 2 aromatic rings. The number of rotatable bonds is 0. The third-order valence-corrected chi connectivity index (χ3v) is 4.79. The van der Waals surface area contributed by atoms with E-state index in [1.54, 1.807) is 0 Å². The fourth-order valence-electron chi connectivity index (χ4n) is 0.867. The SMILES string of the molecule is Ic1ccccc1I.Sc1ccccc1. The maximum absolute atomic E-state index is 4.08. The number of hydrogen-bond acceptors (Lipinski definition) is 1. The highest BCUT2D eigenvalue weighted by Gasteiger charge is 1.87. The number of hydrogen-bond donors (Lipinski definition) is 1. The van der Waals surface area contributed by atoms with Crippen molar-refractivity contribution in [3.8, 4) is 0 Å². The van der Waals surface area contributed by atoms with Crippen LogP contribution in [0.15, 0.2) is 59.5 Å². The molecule has 0 radical (unpaired) electrons. The fraction of sp³-hybridized carbons (Fsp3) is 0. The number of benzene rings is 2. The normalized spacial score (nSPS) is 9.00. The Morgan fingerprint density at radius 3 is 1.33 bits per heavy atom. The first-order valence-corrected chi connectivity index (χ1v) is 6.94. The largest absolute Gasteiger partial charge is 0.143 e. The van der Waals surface area contributed by atoms with E-state index in [1.165, 1.54) is 7.14 Å². The van der Waals surface area contributed by atoms with Gasteiger partial charge in [-0.1, -0.05) is 30.3 Å². The summed E-state index contributed by atoms with van der Waals surface area (Å²) in [6.45, 7) is 0. The van der Waals surface area contributed by atoms with Gasteiger partial charge in [0.1, 0.15) is 0 Å². The van der Waals surface area contributed by atoms with Gasteiger partial charge >= 0.3 is 0 Å². The predicted molar refractivity (Wildman–Crippen MR) is 85.6 cm³/mol. The molecule has 0 nitrogen and oxygen atoms in total. The molecular weight excluding hydrogens is 430 g/mol. The fourth-order valence-corrected chi connectivity index (χ4v) is 1.81. The van der Waals surface area contributed by atoms with Gasteiger partial charge < -0.3 is 0 Å². The molecule has 0 fully saturated rings. The second-order valence-electron chi connectivity index (χ2n) is 2.75. The average molecular weight is 440 g/mol. The molecule has 78 valence electrons. The van der Waals surface area contributed by atoms with Crippen LogP contribution in [0, 0.1) is 7.14 Å². The number of thiol groups is 1. The molecule has 0 N–H and O–H groups in total. The summed E-state index contributed by atoms with van der Waals surface area (Å²) in [5.74, 6) is 0. The van der Waals surface area contributed by atoms with Gasteiger partial charge in [-0.3, -0.25) is 0 Å². The Labute approximate surface area is 123 Å². The van der Waals surface area contributed by atoms with E-state index in [0.29, 0.717) is 0 Å². The Kier molecular flexibility index (Phi) is 6.67. The van der Waals surface area contributed by atoms with E-state index < -0.39 is 0 Å². The third kappa shape index (κ3) is 5.77. The maximum Gasteiger partial charge on any atom is 0.0263 e. The molecule has 0 aromatic heterocycles. The zero-order valence-corrected chi connectivity index (χ0v) is 13.1. The molecule has 0 atom stereocenters. The summed E-state index contributed by atoms with van der Waals surface area (Å²) in [6.07, 6.45) is 0. The van der Waals surface area contributed by atoms with Crippen LogP contribution in [0.1, 0.15) is 0 Å². The molecule has 0 saturated carbocycles. The summed E-state index contributed by atoms with van der Waals surface area (Å²) in [5, 5.41) is 0. The molecular formula is C12H10I2S. The Balaban J connectivity index is 0.000000151. The number of halogens is 2. The Hall–Kier alpha value is 0.250. The minimum atomic E-state index is 1.02. The molecule has 0 bridgehead atoms. The van der Waals surface area contributed by atoms with Crippen LogP contribution in [0.3, 0.4) is 0 Å². The average Bonchev–Trinajstić information content (AvgIpc) is 2.25. The van der Waals surface area contributed by atoms with Crippen LogP contribution >= 0.6 is 57.8 Å². The second-order valence-corrected chi connectivity index (χ2v) is 5.59. The van der Waals surface area contributed by atoms with Gasteiger partial charge in [0.05, 0.1) is 0 Å². The molecule has 2 rings (SSSR count). The molecule has 0 amide bonds. The van der Waals surface area contributed by atoms with Crippen LogP contribution in [-0.2, 0) is 0 Å². The monoisotopic (exact) mass is 440 g/mol. The summed E-state index contributed by atoms with van der Waals surface area (Å²) in [4.78, 5) is 1.02. The first-order valence-electron chi connectivity index (χ1n) is 4.34. The molecule has 0 aliphatic carbocycles. The van der Waals surface area contributed by atoms with E-state index >= 15 is 0 Å². The van der Waals surface area contributed by atoms with Crippen LogP contribution in [0.25, 0.3) is 0 Å². The molecule has 0 aliphatic rings. The molecule has 0 spiro atoms. The molecule has 2 aromatic carbocycles. The van der Waals surface area contributed by atoms with Crippen LogP contribution in [-0.4, -0.2) is 0 Å². The highest BCUT2D eigenvalue weighted by molar-refractivity contribution is 14.1. The van der Waals surface area contributed by atoms with Gasteiger partial charge in [0.25, 0.3) is 0 Å². The molecule has 3 heteroatoms. The van der Waals surface area contributed by atoms with Crippen LogP contribution in [0.2, 0.25) is 0 Å². The van der Waals surface area contributed by atoms with Crippen molar-refractivity contribution in [1.82, 2.24) is 0 Å². The topological polar surface area (TPSA) is 0 Å². The lowest BCUT2D eigenvalue weighted by Gasteiger charge is -1.89.